The summed E-state index contributed by atoms with van der Waals surface area (Å²) in [7, 11) is -0.351. The lowest BCUT2D eigenvalue weighted by molar-refractivity contribution is 0.487. The zero-order valence-electron chi connectivity index (χ0n) is 34.4. The summed E-state index contributed by atoms with van der Waals surface area (Å²) < 4.78 is 0. The Morgan fingerprint density at radius 3 is 0.947 bits per heavy atom. The van der Waals surface area contributed by atoms with E-state index in [1.807, 2.05) is 0 Å². The fraction of sp³-hybridized carbons (Fsp3) is 0.444. The molecule has 5 aromatic carbocycles. The Morgan fingerprint density at radius 2 is 0.596 bits per heavy atom. The summed E-state index contributed by atoms with van der Waals surface area (Å²) in [6, 6.07) is 49.4. The van der Waals surface area contributed by atoms with E-state index in [9.17, 15) is 0 Å². The lowest BCUT2D eigenvalue weighted by Gasteiger charge is -2.39. The van der Waals surface area contributed by atoms with Crippen LogP contribution in [0.25, 0.3) is 22.3 Å². The second-order valence-corrected chi connectivity index (χ2v) is 23.3. The van der Waals surface area contributed by atoms with Gasteiger partial charge in [0.25, 0.3) is 0 Å². The van der Waals surface area contributed by atoms with Gasteiger partial charge in [-0.05, 0) is 143 Å². The number of benzene rings is 5. The molecular weight excluding hydrogens is 725 g/mol. The molecule has 9 rings (SSSR count). The molecule has 0 saturated heterocycles. The Kier molecular flexibility index (Phi) is 13.2. The third-order valence-corrected chi connectivity index (χ3v) is 21.2. The van der Waals surface area contributed by atoms with Gasteiger partial charge in [-0.2, -0.15) is 0 Å². The van der Waals surface area contributed by atoms with Gasteiger partial charge in [-0.25, -0.2) is 0 Å². The van der Waals surface area contributed by atoms with Crippen LogP contribution in [0, 0.1) is 0 Å². The van der Waals surface area contributed by atoms with Crippen LogP contribution in [0.2, 0.25) is 0 Å². The van der Waals surface area contributed by atoms with Gasteiger partial charge in [0, 0.05) is 17.1 Å². The molecule has 0 N–H and O–H groups in total. The van der Waals surface area contributed by atoms with Crippen molar-refractivity contribution in [1.29, 1.82) is 0 Å². The summed E-state index contributed by atoms with van der Waals surface area (Å²) >= 11 is 0. The molecule has 4 fully saturated rings. The van der Waals surface area contributed by atoms with Crippen molar-refractivity contribution in [3.63, 3.8) is 0 Å². The van der Waals surface area contributed by atoms with Crippen LogP contribution in [0.15, 0.2) is 127 Å². The van der Waals surface area contributed by atoms with Crippen molar-refractivity contribution in [1.82, 2.24) is 0 Å². The van der Waals surface area contributed by atoms with Crippen LogP contribution in [-0.2, 0) is 0 Å². The first-order valence-corrected chi connectivity index (χ1v) is 26.1. The Morgan fingerprint density at radius 1 is 0.298 bits per heavy atom. The summed E-state index contributed by atoms with van der Waals surface area (Å²) in [6.45, 7) is 0. The highest BCUT2D eigenvalue weighted by atomic mass is 31.1. The Hall–Kier alpha value is -3.24. The minimum atomic E-state index is -0.176. The predicted octanol–water partition coefficient (Wildman–Crippen LogP) is 16.0. The van der Waals surface area contributed by atoms with Crippen molar-refractivity contribution in [2.24, 2.45) is 0 Å². The van der Waals surface area contributed by atoms with Gasteiger partial charge < -0.3 is 4.90 Å². The maximum Gasteiger partial charge on any atom is 0.0462 e. The Bertz CT molecular complexity index is 1820. The molecule has 0 heterocycles. The summed E-state index contributed by atoms with van der Waals surface area (Å²) in [5.41, 5.74) is 12.9. The summed E-state index contributed by atoms with van der Waals surface area (Å²) in [5, 5.41) is 3.37. The quantitative estimate of drug-likeness (QED) is 0.121. The van der Waals surface area contributed by atoms with E-state index >= 15 is 0 Å². The van der Waals surface area contributed by atoms with Gasteiger partial charge in [0.05, 0.1) is 0 Å². The molecule has 0 aliphatic heterocycles. The Labute approximate surface area is 347 Å². The molecule has 0 radical (unpaired) electrons. The highest BCUT2D eigenvalue weighted by Crippen LogP contribution is 2.57. The van der Waals surface area contributed by atoms with Gasteiger partial charge in [0.15, 0.2) is 0 Å². The molecule has 3 heteroatoms. The van der Waals surface area contributed by atoms with Crippen molar-refractivity contribution in [2.75, 3.05) is 4.90 Å². The summed E-state index contributed by atoms with van der Waals surface area (Å²) in [5.74, 6) is 0. The average Bonchev–Trinajstić information content (AvgIpc) is 3.29. The largest absolute Gasteiger partial charge is 0.311 e. The molecule has 0 unspecified atom stereocenters. The number of anilines is 3. The van der Waals surface area contributed by atoms with Gasteiger partial charge in [0.2, 0.25) is 0 Å². The molecule has 1 nitrogen and oxygen atoms in total. The molecule has 4 saturated carbocycles. The molecule has 0 amide bonds. The van der Waals surface area contributed by atoms with Crippen LogP contribution in [0.3, 0.4) is 0 Å². The van der Waals surface area contributed by atoms with E-state index in [1.54, 1.807) is 10.6 Å². The van der Waals surface area contributed by atoms with Crippen molar-refractivity contribution in [3.8, 4) is 22.3 Å². The van der Waals surface area contributed by atoms with Crippen LogP contribution in [-0.4, -0.2) is 22.6 Å². The highest BCUT2D eigenvalue weighted by molar-refractivity contribution is 7.67. The lowest BCUT2D eigenvalue weighted by Crippen LogP contribution is -2.27. The maximum absolute atomic E-state index is 2.53. The molecule has 0 bridgehead atoms. The van der Waals surface area contributed by atoms with E-state index in [4.69, 9.17) is 0 Å². The fourth-order valence-electron chi connectivity index (χ4n) is 11.3. The molecule has 5 aromatic rings. The number of hydrogen-bond acceptors (Lipinski definition) is 1. The van der Waals surface area contributed by atoms with Crippen molar-refractivity contribution < 1.29 is 0 Å². The smallest absolute Gasteiger partial charge is 0.0462 e. The van der Waals surface area contributed by atoms with Gasteiger partial charge >= 0.3 is 0 Å². The third-order valence-electron chi connectivity index (χ3n) is 14.1. The molecule has 4 aliphatic carbocycles. The first-order chi connectivity index (χ1) is 28.3. The zero-order chi connectivity index (χ0) is 38.2. The standard InChI is InChI=1S/C54H65NP2/c1-6-20-44(21-7-1)55(45-38-34-42(35-39-45)51-30-16-18-32-53(51)56(47-22-8-2-9-23-47)48-24-10-3-11-25-48)46-40-36-43(37-41-46)52-31-17-19-33-54(52)57(49-26-12-4-13-27-49)50-28-14-5-15-29-50/h1,6-7,16-21,30-41,47-50H,2-5,8-15,22-29H2. The van der Waals surface area contributed by atoms with E-state index < -0.39 is 0 Å². The molecule has 296 valence electrons. The van der Waals surface area contributed by atoms with E-state index in [0.29, 0.717) is 0 Å². The fourth-order valence-corrected chi connectivity index (χ4v) is 19.2. The minimum Gasteiger partial charge on any atom is -0.311 e. The van der Waals surface area contributed by atoms with Crippen LogP contribution in [0.4, 0.5) is 17.1 Å². The van der Waals surface area contributed by atoms with Gasteiger partial charge in [0.1, 0.15) is 0 Å². The summed E-state index contributed by atoms with van der Waals surface area (Å²) in [6.07, 6.45) is 28.7. The highest BCUT2D eigenvalue weighted by Gasteiger charge is 2.35. The van der Waals surface area contributed by atoms with E-state index in [1.165, 1.54) is 168 Å². The molecule has 0 spiro atoms. The normalized spacial score (nSPS) is 19.3. The Balaban J connectivity index is 1.03. The van der Waals surface area contributed by atoms with Gasteiger partial charge in [-0.1, -0.05) is 184 Å². The van der Waals surface area contributed by atoms with Gasteiger partial charge in [-0.3, -0.25) is 0 Å². The van der Waals surface area contributed by atoms with Crippen molar-refractivity contribution in [2.45, 2.75) is 151 Å². The number of rotatable bonds is 11. The van der Waals surface area contributed by atoms with Crippen molar-refractivity contribution >= 4 is 43.5 Å². The predicted molar refractivity (Wildman–Crippen MR) is 253 cm³/mol. The molecular formula is C54H65NP2. The molecule has 4 aliphatic rings. The average molecular weight is 790 g/mol. The van der Waals surface area contributed by atoms with Crippen LogP contribution in [0.5, 0.6) is 0 Å². The second-order valence-electron chi connectivity index (χ2n) is 17.8. The van der Waals surface area contributed by atoms with E-state index in [0.717, 1.165) is 22.6 Å². The number of para-hydroxylation sites is 1. The molecule has 57 heavy (non-hydrogen) atoms. The second kappa shape index (κ2) is 19.2. The minimum absolute atomic E-state index is 0.176. The van der Waals surface area contributed by atoms with Crippen LogP contribution >= 0.6 is 15.8 Å². The van der Waals surface area contributed by atoms with Gasteiger partial charge in [-0.15, -0.1) is 0 Å². The molecule has 0 aromatic heterocycles. The molecule has 0 atom stereocenters. The lowest BCUT2D eigenvalue weighted by atomic mass is 9.99. The zero-order valence-corrected chi connectivity index (χ0v) is 36.2. The van der Waals surface area contributed by atoms with Crippen LogP contribution in [0.1, 0.15) is 128 Å². The maximum atomic E-state index is 2.53. The SMILES string of the molecule is c1ccc(N(c2ccc(-c3ccccc3P(C3CCCCC3)C3CCCCC3)cc2)c2ccc(-c3ccccc3P(C3CCCCC3)C3CCCCC3)cc2)cc1. The number of hydrogen-bond donors (Lipinski definition) is 0. The van der Waals surface area contributed by atoms with E-state index in [2.05, 4.69) is 132 Å². The topological polar surface area (TPSA) is 3.24 Å². The third kappa shape index (κ3) is 9.02. The first kappa shape index (κ1) is 39.2. The van der Waals surface area contributed by atoms with E-state index in [-0.39, 0.29) is 15.8 Å². The monoisotopic (exact) mass is 789 g/mol. The summed E-state index contributed by atoms with van der Waals surface area (Å²) in [4.78, 5) is 2.46. The first-order valence-electron chi connectivity index (χ1n) is 23.1. The number of nitrogens with zero attached hydrogens (tertiary/aromatic N) is 1. The van der Waals surface area contributed by atoms with Crippen LogP contribution < -0.4 is 15.5 Å². The van der Waals surface area contributed by atoms with Crippen molar-refractivity contribution in [3.05, 3.63) is 127 Å².